The summed E-state index contributed by atoms with van der Waals surface area (Å²) >= 11 is 0. The lowest BCUT2D eigenvalue weighted by Crippen LogP contribution is -2.16. The van der Waals surface area contributed by atoms with Gasteiger partial charge >= 0.3 is 0 Å². The van der Waals surface area contributed by atoms with Crippen molar-refractivity contribution < 1.29 is 0 Å². The Morgan fingerprint density at radius 2 is 0.935 bits per heavy atom. The van der Waals surface area contributed by atoms with Crippen molar-refractivity contribution in [3.63, 3.8) is 0 Å². The van der Waals surface area contributed by atoms with Crippen LogP contribution in [-0.2, 0) is 10.8 Å². The van der Waals surface area contributed by atoms with E-state index in [1.165, 1.54) is 21.9 Å². The highest BCUT2D eigenvalue weighted by Crippen LogP contribution is 2.36. The van der Waals surface area contributed by atoms with Crippen LogP contribution in [0.5, 0.6) is 0 Å². The molecule has 3 heterocycles. The molecule has 0 radical (unpaired) electrons. The molecule has 0 atom stereocenters. The number of nitrogens with zero attached hydrogens (tertiary/aromatic N) is 6. The van der Waals surface area contributed by atoms with Gasteiger partial charge in [0.2, 0.25) is 5.95 Å². The highest BCUT2D eigenvalue weighted by atomic mass is 15.3. The average Bonchev–Trinajstić information content (AvgIpc) is 3.39. The van der Waals surface area contributed by atoms with Gasteiger partial charge in [-0.3, -0.25) is 4.90 Å². The van der Waals surface area contributed by atoms with E-state index in [0.29, 0.717) is 11.8 Å². The number of aromatic nitrogens is 5. The van der Waals surface area contributed by atoms with Crippen LogP contribution in [0.1, 0.15) is 52.7 Å². The Balaban J connectivity index is 1.23. The van der Waals surface area contributed by atoms with Gasteiger partial charge in [-0.05, 0) is 58.4 Å². The van der Waals surface area contributed by atoms with Crippen molar-refractivity contribution in [1.29, 1.82) is 0 Å². The zero-order valence-corrected chi connectivity index (χ0v) is 27.2. The molecule has 0 spiro atoms. The topological polar surface area (TPSA) is 59.7 Å². The lowest BCUT2D eigenvalue weighted by molar-refractivity contribution is 0.590. The van der Waals surface area contributed by atoms with E-state index in [4.69, 9.17) is 19.9 Å². The van der Waals surface area contributed by atoms with Crippen molar-refractivity contribution in [1.82, 2.24) is 24.5 Å². The minimum absolute atomic E-state index is 0.0625. The molecule has 0 saturated carbocycles. The summed E-state index contributed by atoms with van der Waals surface area (Å²) in [4.78, 5) is 21.3. The SMILES string of the molecule is CC(C)(C)c1ccc(N(c2ccc(C(C)(C)C)cc2)c2ncc(-c3ncc(-n4c5ccccc5c5ccccc54)cn3)cn2)cc1. The Morgan fingerprint density at radius 1 is 0.500 bits per heavy atom. The Labute approximate surface area is 270 Å². The first-order valence-electron chi connectivity index (χ1n) is 15.7. The number of rotatable bonds is 5. The summed E-state index contributed by atoms with van der Waals surface area (Å²) in [6, 6.07) is 34.2. The van der Waals surface area contributed by atoms with E-state index in [0.717, 1.165) is 33.7 Å². The molecule has 3 aromatic heterocycles. The van der Waals surface area contributed by atoms with E-state index in [2.05, 4.69) is 148 Å². The first kappa shape index (κ1) is 29.4. The number of fused-ring (bicyclic) bond motifs is 3. The Kier molecular flexibility index (Phi) is 7.16. The third kappa shape index (κ3) is 5.40. The number of benzene rings is 4. The maximum absolute atomic E-state index is 4.83. The second kappa shape index (κ2) is 11.2. The van der Waals surface area contributed by atoms with Crippen LogP contribution in [0.3, 0.4) is 0 Å². The maximum Gasteiger partial charge on any atom is 0.234 e. The third-order valence-corrected chi connectivity index (χ3v) is 8.56. The van der Waals surface area contributed by atoms with Crippen LogP contribution in [0.25, 0.3) is 38.9 Å². The van der Waals surface area contributed by atoms with E-state index in [1.807, 2.05) is 12.4 Å². The maximum atomic E-state index is 4.83. The fraction of sp³-hybridized carbons (Fsp3) is 0.200. The summed E-state index contributed by atoms with van der Waals surface area (Å²) in [5.74, 6) is 1.16. The van der Waals surface area contributed by atoms with Crippen LogP contribution in [0.15, 0.2) is 122 Å². The van der Waals surface area contributed by atoms with Gasteiger partial charge in [-0.2, -0.15) is 0 Å². The fourth-order valence-electron chi connectivity index (χ4n) is 5.94. The molecular formula is C40H38N6. The lowest BCUT2D eigenvalue weighted by Gasteiger charge is -2.26. The molecule has 7 rings (SSSR count). The van der Waals surface area contributed by atoms with Crippen molar-refractivity contribution in [3.05, 3.63) is 133 Å². The van der Waals surface area contributed by atoms with Gasteiger partial charge in [0.1, 0.15) is 0 Å². The van der Waals surface area contributed by atoms with Gasteiger partial charge in [0.25, 0.3) is 0 Å². The lowest BCUT2D eigenvalue weighted by atomic mass is 9.87. The van der Waals surface area contributed by atoms with E-state index < -0.39 is 0 Å². The van der Waals surface area contributed by atoms with Gasteiger partial charge in [-0.1, -0.05) is 102 Å². The predicted molar refractivity (Wildman–Crippen MR) is 189 cm³/mol. The van der Waals surface area contributed by atoms with Gasteiger partial charge in [0.15, 0.2) is 5.82 Å². The van der Waals surface area contributed by atoms with Gasteiger partial charge in [0.05, 0.1) is 34.7 Å². The van der Waals surface area contributed by atoms with Crippen molar-refractivity contribution in [2.24, 2.45) is 0 Å². The minimum Gasteiger partial charge on any atom is -0.306 e. The summed E-state index contributed by atoms with van der Waals surface area (Å²) in [6.45, 7) is 13.4. The van der Waals surface area contributed by atoms with Crippen molar-refractivity contribution in [2.45, 2.75) is 52.4 Å². The molecule has 0 fully saturated rings. The van der Waals surface area contributed by atoms with Crippen LogP contribution in [0.2, 0.25) is 0 Å². The monoisotopic (exact) mass is 602 g/mol. The number of para-hydroxylation sites is 2. The molecule has 6 heteroatoms. The molecule has 0 unspecified atom stereocenters. The Hall–Kier alpha value is -5.36. The van der Waals surface area contributed by atoms with Crippen LogP contribution >= 0.6 is 0 Å². The summed E-state index contributed by atoms with van der Waals surface area (Å²) in [5, 5.41) is 2.41. The first-order valence-corrected chi connectivity index (χ1v) is 15.7. The second-order valence-electron chi connectivity index (χ2n) is 13.8. The third-order valence-electron chi connectivity index (χ3n) is 8.56. The molecule has 228 valence electrons. The first-order chi connectivity index (χ1) is 22.1. The van der Waals surface area contributed by atoms with E-state index in [1.54, 1.807) is 12.4 Å². The second-order valence-corrected chi connectivity index (χ2v) is 13.8. The number of hydrogen-bond acceptors (Lipinski definition) is 5. The Bertz CT molecular complexity index is 2020. The number of anilines is 3. The van der Waals surface area contributed by atoms with Crippen LogP contribution in [0.4, 0.5) is 17.3 Å². The molecule has 0 bridgehead atoms. The highest BCUT2D eigenvalue weighted by molar-refractivity contribution is 6.09. The van der Waals surface area contributed by atoms with Crippen LogP contribution in [-0.4, -0.2) is 24.5 Å². The summed E-state index contributed by atoms with van der Waals surface area (Å²) < 4.78 is 2.21. The minimum atomic E-state index is 0.0625. The van der Waals surface area contributed by atoms with Crippen molar-refractivity contribution in [3.8, 4) is 17.1 Å². The quantitative estimate of drug-likeness (QED) is 0.196. The molecule has 0 saturated heterocycles. The molecule has 46 heavy (non-hydrogen) atoms. The summed E-state index contributed by atoms with van der Waals surface area (Å²) in [7, 11) is 0. The van der Waals surface area contributed by atoms with E-state index >= 15 is 0 Å². The molecule has 0 N–H and O–H groups in total. The molecule has 0 amide bonds. The van der Waals surface area contributed by atoms with Gasteiger partial charge in [0, 0.05) is 34.5 Å². The summed E-state index contributed by atoms with van der Waals surface area (Å²) in [5.41, 5.74) is 8.57. The largest absolute Gasteiger partial charge is 0.306 e. The molecule has 6 nitrogen and oxygen atoms in total. The summed E-state index contributed by atoms with van der Waals surface area (Å²) in [6.07, 6.45) is 7.35. The average molecular weight is 603 g/mol. The molecule has 0 aliphatic rings. The molecule has 0 aliphatic heterocycles. The van der Waals surface area contributed by atoms with Crippen molar-refractivity contribution >= 4 is 39.1 Å². The van der Waals surface area contributed by atoms with E-state index in [-0.39, 0.29) is 10.8 Å². The molecule has 0 aliphatic carbocycles. The highest BCUT2D eigenvalue weighted by Gasteiger charge is 2.20. The molecule has 4 aromatic carbocycles. The predicted octanol–water partition coefficient (Wildman–Crippen LogP) is 10.1. The van der Waals surface area contributed by atoms with Gasteiger partial charge < -0.3 is 4.57 Å². The van der Waals surface area contributed by atoms with Crippen molar-refractivity contribution in [2.75, 3.05) is 4.90 Å². The zero-order valence-electron chi connectivity index (χ0n) is 27.2. The molecular weight excluding hydrogens is 564 g/mol. The van der Waals surface area contributed by atoms with Gasteiger partial charge in [-0.25, -0.2) is 19.9 Å². The number of hydrogen-bond donors (Lipinski definition) is 0. The zero-order chi connectivity index (χ0) is 32.1. The van der Waals surface area contributed by atoms with Gasteiger partial charge in [-0.15, -0.1) is 0 Å². The fourth-order valence-corrected chi connectivity index (χ4v) is 5.94. The standard InChI is InChI=1S/C40H38N6/c1-39(2,3)28-15-19-30(20-16-28)45(31-21-17-29(18-22-31)40(4,5)6)38-43-23-27(24-44-38)37-41-25-32(26-42-37)46-35-13-9-7-11-33(35)34-12-8-10-14-36(34)46/h7-26H,1-6H3. The van der Waals surface area contributed by atoms with E-state index in [9.17, 15) is 0 Å². The Morgan fingerprint density at radius 3 is 1.37 bits per heavy atom. The van der Waals surface area contributed by atoms with Crippen LogP contribution < -0.4 is 4.90 Å². The smallest absolute Gasteiger partial charge is 0.234 e. The molecule has 7 aromatic rings. The normalized spacial score (nSPS) is 12.1. The van der Waals surface area contributed by atoms with Crippen LogP contribution in [0, 0.1) is 0 Å².